The van der Waals surface area contributed by atoms with E-state index in [0.29, 0.717) is 23.1 Å². The molecule has 0 bridgehead atoms. The molecule has 0 spiro atoms. The van der Waals surface area contributed by atoms with E-state index in [0.717, 1.165) is 21.5 Å². The predicted molar refractivity (Wildman–Crippen MR) is 109 cm³/mol. The summed E-state index contributed by atoms with van der Waals surface area (Å²) in [6.07, 6.45) is 0.219. The van der Waals surface area contributed by atoms with Gasteiger partial charge in [0.1, 0.15) is 11.3 Å². The lowest BCUT2D eigenvalue weighted by Gasteiger charge is -2.04. The van der Waals surface area contributed by atoms with Gasteiger partial charge in [0.05, 0.1) is 0 Å². The first kappa shape index (κ1) is 17.7. The summed E-state index contributed by atoms with van der Waals surface area (Å²) in [6.45, 7) is 4.17. The van der Waals surface area contributed by atoms with Crippen molar-refractivity contribution < 1.29 is 9.21 Å². The van der Waals surface area contributed by atoms with Crippen molar-refractivity contribution in [3.8, 4) is 11.5 Å². The number of anilines is 1. The topological polar surface area (TPSA) is 77.1 Å². The Morgan fingerprint density at radius 3 is 2.85 bits per heavy atom. The Morgan fingerprint density at radius 1 is 1.30 bits per heavy atom. The number of thiazole rings is 2. The van der Waals surface area contributed by atoms with E-state index >= 15 is 0 Å². The summed E-state index contributed by atoms with van der Waals surface area (Å²) >= 11 is 2.55. The summed E-state index contributed by atoms with van der Waals surface area (Å²) in [5.41, 5.74) is 2.41. The Hall–Kier alpha value is -2.71. The number of nitrogens with zero attached hydrogens (tertiary/aromatic N) is 2. The number of hydrogen-bond donors (Lipinski definition) is 1. The van der Waals surface area contributed by atoms with Gasteiger partial charge < -0.3 is 14.3 Å². The van der Waals surface area contributed by atoms with E-state index in [4.69, 9.17) is 4.42 Å². The normalized spacial score (nSPS) is 11.2. The third-order valence-corrected chi connectivity index (χ3v) is 6.12. The van der Waals surface area contributed by atoms with Gasteiger partial charge in [0.2, 0.25) is 5.91 Å². The first-order chi connectivity index (χ1) is 13.0. The number of carbonyl (C=O) groups is 1. The molecular formula is C19H17N3O3S2. The SMILES string of the molecule is Cc1sc(=O)n(CCC(=O)Nc2nc(-c3cc4ccccc4o3)cs2)c1C. The number of benzene rings is 1. The number of nitrogens with one attached hydrogen (secondary N) is 1. The maximum atomic E-state index is 12.2. The standard InChI is InChI=1S/C19H17N3O3S2/c1-11-12(2)27-19(24)22(11)8-7-17(23)21-18-20-14(10-26-18)16-9-13-5-3-4-6-15(13)25-16/h3-6,9-10H,7-8H2,1-2H3,(H,20,21,23). The molecule has 0 aliphatic carbocycles. The highest BCUT2D eigenvalue weighted by Crippen LogP contribution is 2.30. The third kappa shape index (κ3) is 3.58. The summed E-state index contributed by atoms with van der Waals surface area (Å²) in [4.78, 5) is 29.5. The number of para-hydroxylation sites is 1. The Bertz CT molecular complexity index is 1150. The molecule has 0 fully saturated rings. The molecule has 0 aliphatic rings. The molecule has 0 aliphatic heterocycles. The zero-order chi connectivity index (χ0) is 19.0. The van der Waals surface area contributed by atoms with Crippen LogP contribution < -0.4 is 10.2 Å². The van der Waals surface area contributed by atoms with Gasteiger partial charge in [-0.2, -0.15) is 0 Å². The zero-order valence-corrected chi connectivity index (χ0v) is 16.4. The Kier molecular flexibility index (Phi) is 4.67. The van der Waals surface area contributed by atoms with Crippen molar-refractivity contribution in [1.29, 1.82) is 0 Å². The fraction of sp³-hybridized carbons (Fsp3) is 0.211. The summed E-state index contributed by atoms with van der Waals surface area (Å²) in [6, 6.07) is 9.70. The van der Waals surface area contributed by atoms with Crippen molar-refractivity contribution >= 4 is 44.7 Å². The molecule has 138 valence electrons. The average Bonchev–Trinajstić information content (AvgIpc) is 3.32. The Labute approximate surface area is 163 Å². The summed E-state index contributed by atoms with van der Waals surface area (Å²) < 4.78 is 7.44. The molecule has 0 atom stereocenters. The maximum Gasteiger partial charge on any atom is 0.307 e. The number of furan rings is 1. The van der Waals surface area contributed by atoms with Gasteiger partial charge in [0.25, 0.3) is 0 Å². The molecule has 0 radical (unpaired) electrons. The van der Waals surface area contributed by atoms with E-state index in [1.54, 1.807) is 4.57 Å². The number of amides is 1. The van der Waals surface area contributed by atoms with Gasteiger partial charge in [-0.05, 0) is 26.0 Å². The minimum atomic E-state index is -0.171. The molecule has 1 amide bonds. The van der Waals surface area contributed by atoms with Gasteiger partial charge in [0.15, 0.2) is 10.9 Å². The number of rotatable bonds is 5. The highest BCUT2D eigenvalue weighted by atomic mass is 32.1. The number of aryl methyl sites for hydroxylation is 1. The van der Waals surface area contributed by atoms with Gasteiger partial charge in [-0.3, -0.25) is 9.59 Å². The predicted octanol–water partition coefficient (Wildman–Crippen LogP) is 4.43. The largest absolute Gasteiger partial charge is 0.454 e. The quantitative estimate of drug-likeness (QED) is 0.539. The van der Waals surface area contributed by atoms with E-state index in [9.17, 15) is 9.59 Å². The Balaban J connectivity index is 1.43. The van der Waals surface area contributed by atoms with E-state index in [-0.39, 0.29) is 17.2 Å². The van der Waals surface area contributed by atoms with Crippen LogP contribution in [-0.4, -0.2) is 15.5 Å². The van der Waals surface area contributed by atoms with E-state index in [2.05, 4.69) is 10.3 Å². The minimum absolute atomic E-state index is 0.0285. The highest BCUT2D eigenvalue weighted by Gasteiger charge is 2.13. The molecule has 27 heavy (non-hydrogen) atoms. The number of hydrogen-bond acceptors (Lipinski definition) is 6. The van der Waals surface area contributed by atoms with Crippen LogP contribution >= 0.6 is 22.7 Å². The molecule has 1 N–H and O–H groups in total. The van der Waals surface area contributed by atoms with Crippen LogP contribution in [0.5, 0.6) is 0 Å². The van der Waals surface area contributed by atoms with E-state index in [1.165, 1.54) is 22.7 Å². The van der Waals surface area contributed by atoms with Crippen LogP contribution in [0.15, 0.2) is 44.9 Å². The molecule has 8 heteroatoms. The molecule has 4 aromatic rings. The molecule has 6 nitrogen and oxygen atoms in total. The van der Waals surface area contributed by atoms with Crippen LogP contribution in [-0.2, 0) is 11.3 Å². The van der Waals surface area contributed by atoms with Crippen molar-refractivity contribution in [2.75, 3.05) is 5.32 Å². The van der Waals surface area contributed by atoms with Crippen LogP contribution in [0.4, 0.5) is 5.13 Å². The average molecular weight is 399 g/mol. The van der Waals surface area contributed by atoms with Gasteiger partial charge in [-0.25, -0.2) is 4.98 Å². The van der Waals surface area contributed by atoms with Crippen molar-refractivity contribution in [2.45, 2.75) is 26.8 Å². The summed E-state index contributed by atoms with van der Waals surface area (Å²) in [5, 5.41) is 6.17. The lowest BCUT2D eigenvalue weighted by atomic mass is 10.2. The molecule has 0 unspecified atom stereocenters. The molecule has 0 saturated heterocycles. The second-order valence-electron chi connectivity index (χ2n) is 6.15. The lowest BCUT2D eigenvalue weighted by molar-refractivity contribution is -0.116. The van der Waals surface area contributed by atoms with Crippen molar-refractivity contribution in [3.05, 3.63) is 56.0 Å². The van der Waals surface area contributed by atoms with E-state index < -0.39 is 0 Å². The zero-order valence-electron chi connectivity index (χ0n) is 14.8. The highest BCUT2D eigenvalue weighted by molar-refractivity contribution is 7.14. The van der Waals surface area contributed by atoms with E-state index in [1.807, 2.05) is 49.6 Å². The maximum absolute atomic E-state index is 12.2. The second-order valence-corrected chi connectivity index (χ2v) is 8.17. The lowest BCUT2D eigenvalue weighted by Crippen LogP contribution is -2.20. The van der Waals surface area contributed by atoms with Crippen molar-refractivity contribution in [1.82, 2.24) is 9.55 Å². The number of carbonyl (C=O) groups excluding carboxylic acids is 1. The minimum Gasteiger partial charge on any atom is -0.454 e. The number of aromatic nitrogens is 2. The van der Waals surface area contributed by atoms with Crippen molar-refractivity contribution in [2.24, 2.45) is 0 Å². The second kappa shape index (κ2) is 7.13. The monoisotopic (exact) mass is 399 g/mol. The van der Waals surface area contributed by atoms with Gasteiger partial charge in [-0.15, -0.1) is 11.3 Å². The molecule has 4 rings (SSSR count). The smallest absolute Gasteiger partial charge is 0.307 e. The van der Waals surface area contributed by atoms with Gasteiger partial charge in [0, 0.05) is 34.3 Å². The first-order valence-corrected chi connectivity index (χ1v) is 10.1. The Morgan fingerprint density at radius 2 is 2.11 bits per heavy atom. The first-order valence-electron chi connectivity index (χ1n) is 8.42. The summed E-state index contributed by atoms with van der Waals surface area (Å²) in [7, 11) is 0. The third-order valence-electron chi connectivity index (χ3n) is 4.37. The fourth-order valence-corrected chi connectivity index (χ4v) is 4.37. The van der Waals surface area contributed by atoms with Crippen molar-refractivity contribution in [3.63, 3.8) is 0 Å². The van der Waals surface area contributed by atoms with Crippen LogP contribution in [0.2, 0.25) is 0 Å². The van der Waals surface area contributed by atoms with Gasteiger partial charge >= 0.3 is 4.87 Å². The van der Waals surface area contributed by atoms with Crippen LogP contribution in [0, 0.1) is 13.8 Å². The van der Waals surface area contributed by atoms with Crippen LogP contribution in [0.3, 0.4) is 0 Å². The molecule has 3 heterocycles. The molecule has 3 aromatic heterocycles. The summed E-state index contributed by atoms with van der Waals surface area (Å²) in [5.74, 6) is 0.500. The molecular weight excluding hydrogens is 382 g/mol. The molecule has 0 saturated carbocycles. The van der Waals surface area contributed by atoms with Crippen LogP contribution in [0.25, 0.3) is 22.4 Å². The molecule has 1 aromatic carbocycles. The van der Waals surface area contributed by atoms with Gasteiger partial charge in [-0.1, -0.05) is 29.5 Å². The van der Waals surface area contributed by atoms with Crippen LogP contribution in [0.1, 0.15) is 17.0 Å². The number of fused-ring (bicyclic) bond motifs is 1. The fourth-order valence-electron chi connectivity index (χ4n) is 2.79.